The second-order valence-electron chi connectivity index (χ2n) is 8.14. The second kappa shape index (κ2) is 9.67. The smallest absolute Gasteiger partial charge is 0.321 e. The second-order valence-corrected chi connectivity index (χ2v) is 10.4. The highest BCUT2D eigenvalue weighted by Gasteiger charge is 2.36. The molecule has 2 fully saturated rings. The lowest BCUT2D eigenvalue weighted by atomic mass is 9.97. The minimum Gasteiger partial charge on any atom is -0.452 e. The van der Waals surface area contributed by atoms with Crippen molar-refractivity contribution in [1.82, 2.24) is 9.80 Å². The Labute approximate surface area is 182 Å². The number of nitrogens with one attached hydrogen (secondary N) is 1. The number of hydrogen-bond donors (Lipinski definition) is 1. The Hall–Kier alpha value is -2.62. The first-order valence-electron chi connectivity index (χ1n) is 10.4. The minimum atomic E-state index is -3.11. The molecule has 10 heteroatoms. The van der Waals surface area contributed by atoms with Crippen molar-refractivity contribution in [3.63, 3.8) is 0 Å². The summed E-state index contributed by atoms with van der Waals surface area (Å²) in [5.74, 6) is -1.24. The van der Waals surface area contributed by atoms with Crippen molar-refractivity contribution >= 4 is 33.4 Å². The summed E-state index contributed by atoms with van der Waals surface area (Å²) in [6.07, 6.45) is 0.326. The molecule has 0 aromatic heterocycles. The summed E-state index contributed by atoms with van der Waals surface area (Å²) in [5.41, 5.74) is 0.709. The first-order chi connectivity index (χ1) is 14.7. The Bertz CT molecular complexity index is 912. The quantitative estimate of drug-likeness (QED) is 0.679. The number of carbonyl (C=O) groups excluding carboxylic acids is 3. The van der Waals surface area contributed by atoms with Crippen LogP contribution in [0.5, 0.6) is 0 Å². The average Bonchev–Trinajstić information content (AvgIpc) is 3.13. The number of nitrogens with zero attached hydrogens (tertiary/aromatic N) is 2. The molecule has 31 heavy (non-hydrogen) atoms. The molecular formula is C21H29N3O6S. The SMILES string of the molecule is C[C@@H](OC(=O)C1CCN(C(=O)Nc2ccccc2)CC1)C(=O)N(C)[C@H]1CCS(=O)(=O)C1. The van der Waals surface area contributed by atoms with Crippen molar-refractivity contribution in [3.05, 3.63) is 30.3 Å². The van der Waals surface area contributed by atoms with E-state index in [0.717, 1.165) is 0 Å². The van der Waals surface area contributed by atoms with Gasteiger partial charge in [-0.3, -0.25) is 9.59 Å². The third kappa shape index (κ3) is 5.96. The Kier molecular flexibility index (Phi) is 7.19. The molecule has 0 aliphatic carbocycles. The average molecular weight is 452 g/mol. The van der Waals surface area contributed by atoms with Gasteiger partial charge < -0.3 is 19.9 Å². The van der Waals surface area contributed by atoms with Crippen LogP contribution in [0.3, 0.4) is 0 Å². The van der Waals surface area contributed by atoms with Crippen LogP contribution in [0.15, 0.2) is 30.3 Å². The maximum atomic E-state index is 12.6. The summed E-state index contributed by atoms with van der Waals surface area (Å²) < 4.78 is 28.7. The van der Waals surface area contributed by atoms with Gasteiger partial charge in [-0.25, -0.2) is 13.2 Å². The van der Waals surface area contributed by atoms with Gasteiger partial charge in [-0.1, -0.05) is 18.2 Å². The van der Waals surface area contributed by atoms with Gasteiger partial charge in [0, 0.05) is 31.9 Å². The van der Waals surface area contributed by atoms with E-state index >= 15 is 0 Å². The van der Waals surface area contributed by atoms with Crippen molar-refractivity contribution in [2.24, 2.45) is 5.92 Å². The lowest BCUT2D eigenvalue weighted by Crippen LogP contribution is -2.46. The summed E-state index contributed by atoms with van der Waals surface area (Å²) in [6, 6.07) is 8.55. The van der Waals surface area contributed by atoms with Gasteiger partial charge in [-0.2, -0.15) is 0 Å². The molecule has 2 atom stereocenters. The number of amides is 3. The molecule has 0 saturated carbocycles. The molecule has 2 aliphatic heterocycles. The first kappa shape index (κ1) is 23.1. The van der Waals surface area contributed by atoms with Gasteiger partial charge in [-0.05, 0) is 38.3 Å². The minimum absolute atomic E-state index is 0.0561. The Balaban J connectivity index is 1.45. The summed E-state index contributed by atoms with van der Waals surface area (Å²) >= 11 is 0. The Morgan fingerprint density at radius 2 is 1.77 bits per heavy atom. The fourth-order valence-corrected chi connectivity index (χ4v) is 5.69. The van der Waals surface area contributed by atoms with Crippen LogP contribution < -0.4 is 5.32 Å². The number of hydrogen-bond acceptors (Lipinski definition) is 6. The Morgan fingerprint density at radius 1 is 1.13 bits per heavy atom. The van der Waals surface area contributed by atoms with E-state index in [0.29, 0.717) is 38.0 Å². The molecule has 3 amide bonds. The number of rotatable bonds is 5. The summed E-state index contributed by atoms with van der Waals surface area (Å²) in [6.45, 7) is 2.34. The van der Waals surface area contributed by atoms with Gasteiger partial charge in [0.05, 0.1) is 17.4 Å². The molecule has 1 aromatic rings. The highest BCUT2D eigenvalue weighted by atomic mass is 32.2. The molecule has 0 radical (unpaired) electrons. The molecule has 170 valence electrons. The third-order valence-corrected chi connectivity index (χ3v) is 7.64. The first-order valence-corrected chi connectivity index (χ1v) is 12.3. The van der Waals surface area contributed by atoms with Gasteiger partial charge in [0.25, 0.3) is 5.91 Å². The number of likely N-dealkylation sites (N-methyl/N-ethyl adjacent to an activating group) is 1. The summed E-state index contributed by atoms with van der Waals surface area (Å²) in [4.78, 5) is 40.5. The molecule has 2 saturated heterocycles. The molecule has 0 spiro atoms. The van der Waals surface area contributed by atoms with Crippen LogP contribution in [-0.4, -0.2) is 79.9 Å². The van der Waals surface area contributed by atoms with Crippen LogP contribution in [0.4, 0.5) is 10.5 Å². The molecular weight excluding hydrogens is 422 g/mol. The fraction of sp³-hybridized carbons (Fsp3) is 0.571. The molecule has 3 rings (SSSR count). The maximum absolute atomic E-state index is 12.6. The van der Waals surface area contributed by atoms with Crippen molar-refractivity contribution in [2.45, 2.75) is 38.3 Å². The van der Waals surface area contributed by atoms with Crippen molar-refractivity contribution < 1.29 is 27.5 Å². The number of piperidine rings is 1. The van der Waals surface area contributed by atoms with Gasteiger partial charge in [0.2, 0.25) is 0 Å². The number of likely N-dealkylation sites (tertiary alicyclic amines) is 1. The number of benzene rings is 1. The van der Waals surface area contributed by atoms with Gasteiger partial charge in [-0.15, -0.1) is 0 Å². The fourth-order valence-electron chi connectivity index (χ4n) is 3.91. The van der Waals surface area contributed by atoms with Crippen molar-refractivity contribution in [3.8, 4) is 0 Å². The molecule has 2 heterocycles. The lowest BCUT2D eigenvalue weighted by molar-refractivity contribution is -0.163. The molecule has 1 aromatic carbocycles. The van der Waals surface area contributed by atoms with Crippen molar-refractivity contribution in [1.29, 1.82) is 0 Å². The standard InChI is InChI=1S/C21H29N3O6S/c1-15(19(25)23(2)18-10-13-31(28,29)14-18)30-20(26)16-8-11-24(12-9-16)21(27)22-17-6-4-3-5-7-17/h3-7,15-16,18H,8-14H2,1-2H3,(H,22,27)/t15-,18+/m1/s1. The zero-order valence-electron chi connectivity index (χ0n) is 17.8. The molecule has 9 nitrogen and oxygen atoms in total. The van der Waals surface area contributed by atoms with E-state index in [-0.39, 0.29) is 29.5 Å². The normalized spacial score (nSPS) is 21.9. The molecule has 0 bridgehead atoms. The predicted molar refractivity (Wildman–Crippen MR) is 115 cm³/mol. The van der Waals surface area contributed by atoms with Crippen molar-refractivity contribution in [2.75, 3.05) is 37.0 Å². The highest BCUT2D eigenvalue weighted by Crippen LogP contribution is 2.22. The van der Waals surface area contributed by atoms with Gasteiger partial charge in [0.15, 0.2) is 15.9 Å². The van der Waals surface area contributed by atoms with E-state index in [1.54, 1.807) is 24.1 Å². The maximum Gasteiger partial charge on any atom is 0.321 e. The van der Waals surface area contributed by atoms with E-state index in [1.807, 2.05) is 18.2 Å². The number of para-hydroxylation sites is 1. The van der Waals surface area contributed by atoms with E-state index in [4.69, 9.17) is 4.74 Å². The molecule has 0 unspecified atom stereocenters. The van der Waals surface area contributed by atoms with E-state index in [2.05, 4.69) is 5.32 Å². The molecule has 2 aliphatic rings. The van der Waals surface area contributed by atoms with Gasteiger partial charge in [0.1, 0.15) is 0 Å². The van der Waals surface area contributed by atoms with Crippen LogP contribution >= 0.6 is 0 Å². The number of ether oxygens (including phenoxy) is 1. The van der Waals surface area contributed by atoms with Crippen LogP contribution in [0.2, 0.25) is 0 Å². The topological polar surface area (TPSA) is 113 Å². The number of anilines is 1. The number of urea groups is 1. The molecule has 1 N–H and O–H groups in total. The third-order valence-electron chi connectivity index (χ3n) is 5.89. The number of sulfone groups is 1. The number of esters is 1. The van der Waals surface area contributed by atoms with Gasteiger partial charge >= 0.3 is 12.0 Å². The predicted octanol–water partition coefficient (Wildman–Crippen LogP) is 1.51. The van der Waals surface area contributed by atoms with Crippen LogP contribution in [0, 0.1) is 5.92 Å². The highest BCUT2D eigenvalue weighted by molar-refractivity contribution is 7.91. The zero-order chi connectivity index (χ0) is 22.6. The lowest BCUT2D eigenvalue weighted by Gasteiger charge is -2.32. The van der Waals surface area contributed by atoms with Crippen LogP contribution in [0.1, 0.15) is 26.2 Å². The zero-order valence-corrected chi connectivity index (χ0v) is 18.6. The van der Waals surface area contributed by atoms with E-state index < -0.39 is 27.8 Å². The van der Waals surface area contributed by atoms with E-state index in [1.165, 1.54) is 11.8 Å². The largest absolute Gasteiger partial charge is 0.452 e. The van der Waals surface area contributed by atoms with Crippen LogP contribution in [0.25, 0.3) is 0 Å². The van der Waals surface area contributed by atoms with Crippen LogP contribution in [-0.2, 0) is 24.2 Å². The summed E-state index contributed by atoms with van der Waals surface area (Å²) in [5, 5.41) is 2.83. The summed E-state index contributed by atoms with van der Waals surface area (Å²) in [7, 11) is -1.57. The number of carbonyl (C=O) groups is 3. The monoisotopic (exact) mass is 451 g/mol. The van der Waals surface area contributed by atoms with E-state index in [9.17, 15) is 22.8 Å². The Morgan fingerprint density at radius 3 is 2.35 bits per heavy atom.